The zero-order valence-corrected chi connectivity index (χ0v) is 11.8. The molecule has 2 N–H and O–H groups in total. The number of amides is 2. The first-order chi connectivity index (χ1) is 9.13. The van der Waals surface area contributed by atoms with Gasteiger partial charge in [0.2, 0.25) is 0 Å². The van der Waals surface area contributed by atoms with Gasteiger partial charge in [0.25, 0.3) is 0 Å². The smallest absolute Gasteiger partial charge is 0.315 e. The molecule has 0 aromatic carbocycles. The number of aromatic nitrogens is 2. The van der Waals surface area contributed by atoms with Crippen molar-refractivity contribution in [3.05, 3.63) is 23.2 Å². The van der Waals surface area contributed by atoms with Crippen LogP contribution >= 0.6 is 11.6 Å². The quantitative estimate of drug-likeness (QED) is 0.895. The van der Waals surface area contributed by atoms with Gasteiger partial charge in [-0.05, 0) is 31.6 Å². The average Bonchev–Trinajstić information content (AvgIpc) is 2.41. The molecule has 1 aliphatic carbocycles. The normalized spacial score (nSPS) is 22.8. The van der Waals surface area contributed by atoms with E-state index >= 15 is 0 Å². The van der Waals surface area contributed by atoms with Crippen LogP contribution in [0, 0.1) is 5.92 Å². The van der Waals surface area contributed by atoms with Gasteiger partial charge >= 0.3 is 6.03 Å². The van der Waals surface area contributed by atoms with Crippen LogP contribution in [0.2, 0.25) is 5.15 Å². The van der Waals surface area contributed by atoms with Crippen LogP contribution in [0.25, 0.3) is 0 Å². The van der Waals surface area contributed by atoms with E-state index in [-0.39, 0.29) is 6.03 Å². The molecule has 5 nitrogen and oxygen atoms in total. The summed E-state index contributed by atoms with van der Waals surface area (Å²) in [7, 11) is 0. The van der Waals surface area contributed by atoms with Crippen LogP contribution in [0.15, 0.2) is 12.4 Å². The first-order valence-corrected chi connectivity index (χ1v) is 7.02. The van der Waals surface area contributed by atoms with E-state index in [1.54, 1.807) is 6.20 Å². The number of carbonyl (C=O) groups excluding carboxylic acids is 1. The molecular weight excluding hydrogens is 264 g/mol. The minimum absolute atomic E-state index is 0.142. The number of carbonyl (C=O) groups is 1. The molecule has 1 saturated carbocycles. The first kappa shape index (κ1) is 14.1. The van der Waals surface area contributed by atoms with Gasteiger partial charge in [0.15, 0.2) is 0 Å². The van der Waals surface area contributed by atoms with Gasteiger partial charge in [-0.2, -0.15) is 0 Å². The second-order valence-corrected chi connectivity index (χ2v) is 5.50. The van der Waals surface area contributed by atoms with Gasteiger partial charge in [0.1, 0.15) is 5.15 Å². The summed E-state index contributed by atoms with van der Waals surface area (Å²) in [5, 5.41) is 6.13. The molecule has 0 aliphatic heterocycles. The SMILES string of the molecule is CC1CCC(NC(=O)NCc2cnc(Cl)cn2)CC1. The third-order valence-corrected chi connectivity index (χ3v) is 3.65. The maximum Gasteiger partial charge on any atom is 0.315 e. The molecule has 1 aliphatic rings. The van der Waals surface area contributed by atoms with Gasteiger partial charge in [0.05, 0.1) is 24.6 Å². The molecule has 0 saturated heterocycles. The maximum absolute atomic E-state index is 11.7. The largest absolute Gasteiger partial charge is 0.335 e. The molecular formula is C13H19ClN4O. The second-order valence-electron chi connectivity index (χ2n) is 5.11. The molecule has 2 rings (SSSR count). The average molecular weight is 283 g/mol. The Kier molecular flexibility index (Phi) is 4.96. The van der Waals surface area contributed by atoms with Gasteiger partial charge in [-0.1, -0.05) is 18.5 Å². The van der Waals surface area contributed by atoms with Crippen molar-refractivity contribution in [3.8, 4) is 0 Å². The molecule has 0 unspecified atom stereocenters. The predicted molar refractivity (Wildman–Crippen MR) is 73.8 cm³/mol. The Labute approximate surface area is 118 Å². The van der Waals surface area contributed by atoms with Gasteiger partial charge < -0.3 is 10.6 Å². The molecule has 0 radical (unpaired) electrons. The molecule has 0 spiro atoms. The number of nitrogens with zero attached hydrogens (tertiary/aromatic N) is 2. The Morgan fingerprint density at radius 1 is 1.32 bits per heavy atom. The van der Waals surface area contributed by atoms with Gasteiger partial charge in [0, 0.05) is 6.04 Å². The van der Waals surface area contributed by atoms with E-state index in [4.69, 9.17) is 11.6 Å². The van der Waals surface area contributed by atoms with E-state index in [9.17, 15) is 4.79 Å². The van der Waals surface area contributed by atoms with Crippen LogP contribution < -0.4 is 10.6 Å². The number of rotatable bonds is 3. The molecule has 0 bridgehead atoms. The molecule has 1 heterocycles. The zero-order chi connectivity index (χ0) is 13.7. The number of halogens is 1. The number of nitrogens with one attached hydrogen (secondary N) is 2. The van der Waals surface area contributed by atoms with Crippen LogP contribution in [0.5, 0.6) is 0 Å². The van der Waals surface area contributed by atoms with Crippen molar-refractivity contribution in [1.29, 1.82) is 0 Å². The third kappa shape index (κ3) is 4.67. The molecule has 1 fully saturated rings. The second kappa shape index (κ2) is 6.70. The van der Waals surface area contributed by atoms with E-state index in [0.29, 0.717) is 23.4 Å². The number of urea groups is 1. The molecule has 2 amide bonds. The summed E-state index contributed by atoms with van der Waals surface area (Å²) in [6, 6.07) is 0.156. The highest BCUT2D eigenvalue weighted by Crippen LogP contribution is 2.23. The third-order valence-electron chi connectivity index (χ3n) is 3.45. The summed E-state index contributed by atoms with van der Waals surface area (Å²) in [6.45, 7) is 2.62. The summed E-state index contributed by atoms with van der Waals surface area (Å²) in [4.78, 5) is 19.7. The Morgan fingerprint density at radius 2 is 2.05 bits per heavy atom. The fraction of sp³-hybridized carbons (Fsp3) is 0.615. The van der Waals surface area contributed by atoms with Gasteiger partial charge in [-0.15, -0.1) is 0 Å². The van der Waals surface area contributed by atoms with Crippen molar-refractivity contribution in [2.75, 3.05) is 0 Å². The Morgan fingerprint density at radius 3 is 2.68 bits per heavy atom. The number of hydrogen-bond donors (Lipinski definition) is 2. The minimum atomic E-state index is -0.142. The Bertz CT molecular complexity index is 415. The lowest BCUT2D eigenvalue weighted by atomic mass is 9.87. The lowest BCUT2D eigenvalue weighted by molar-refractivity contribution is 0.228. The molecule has 6 heteroatoms. The molecule has 1 aromatic rings. The van der Waals surface area contributed by atoms with Crippen molar-refractivity contribution >= 4 is 17.6 Å². The summed E-state index contributed by atoms with van der Waals surface area (Å²) >= 11 is 5.64. The summed E-state index contributed by atoms with van der Waals surface area (Å²) in [6.07, 6.45) is 7.54. The van der Waals surface area contributed by atoms with Crippen molar-refractivity contribution in [1.82, 2.24) is 20.6 Å². The standard InChI is InChI=1S/C13H19ClN4O/c1-9-2-4-10(5-3-9)18-13(19)17-7-11-6-16-12(14)8-15-11/h6,8-10H,2-5,7H2,1H3,(H2,17,18,19). The fourth-order valence-corrected chi connectivity index (χ4v) is 2.34. The van der Waals surface area contributed by atoms with Gasteiger partial charge in [-0.3, -0.25) is 4.98 Å². The maximum atomic E-state index is 11.7. The van der Waals surface area contributed by atoms with E-state index in [0.717, 1.165) is 18.8 Å². The Hall–Kier alpha value is -1.36. The lowest BCUT2D eigenvalue weighted by Gasteiger charge is -2.26. The van der Waals surface area contributed by atoms with E-state index in [1.807, 2.05) is 0 Å². The Balaban J connectivity index is 1.71. The lowest BCUT2D eigenvalue weighted by Crippen LogP contribution is -2.43. The van der Waals surface area contributed by atoms with Crippen molar-refractivity contribution in [3.63, 3.8) is 0 Å². The molecule has 19 heavy (non-hydrogen) atoms. The van der Waals surface area contributed by atoms with Crippen molar-refractivity contribution in [2.45, 2.75) is 45.2 Å². The number of hydrogen-bond acceptors (Lipinski definition) is 3. The van der Waals surface area contributed by atoms with Crippen LogP contribution in [-0.2, 0) is 6.54 Å². The molecule has 104 valence electrons. The zero-order valence-electron chi connectivity index (χ0n) is 11.0. The van der Waals surface area contributed by atoms with E-state index in [2.05, 4.69) is 27.5 Å². The fourth-order valence-electron chi connectivity index (χ4n) is 2.24. The van der Waals surface area contributed by atoms with Crippen molar-refractivity contribution in [2.24, 2.45) is 5.92 Å². The summed E-state index contributed by atoms with van der Waals surface area (Å²) < 4.78 is 0. The van der Waals surface area contributed by atoms with Gasteiger partial charge in [-0.25, -0.2) is 9.78 Å². The highest BCUT2D eigenvalue weighted by Gasteiger charge is 2.19. The van der Waals surface area contributed by atoms with Crippen LogP contribution in [0.1, 0.15) is 38.3 Å². The highest BCUT2D eigenvalue weighted by atomic mass is 35.5. The minimum Gasteiger partial charge on any atom is -0.335 e. The molecule has 0 atom stereocenters. The molecule has 1 aromatic heterocycles. The van der Waals surface area contributed by atoms with Crippen LogP contribution in [0.3, 0.4) is 0 Å². The van der Waals surface area contributed by atoms with E-state index < -0.39 is 0 Å². The highest BCUT2D eigenvalue weighted by molar-refractivity contribution is 6.29. The first-order valence-electron chi connectivity index (χ1n) is 6.64. The van der Waals surface area contributed by atoms with Crippen LogP contribution in [-0.4, -0.2) is 22.0 Å². The monoisotopic (exact) mass is 282 g/mol. The topological polar surface area (TPSA) is 66.9 Å². The van der Waals surface area contributed by atoms with Crippen molar-refractivity contribution < 1.29 is 4.79 Å². The predicted octanol–water partition coefficient (Wildman–Crippen LogP) is 2.51. The van der Waals surface area contributed by atoms with E-state index in [1.165, 1.54) is 19.0 Å². The summed E-state index contributed by atoms with van der Waals surface area (Å²) in [5.41, 5.74) is 0.691. The summed E-state index contributed by atoms with van der Waals surface area (Å²) in [5.74, 6) is 0.783. The van der Waals surface area contributed by atoms with Crippen LogP contribution in [0.4, 0.5) is 4.79 Å².